The van der Waals surface area contributed by atoms with Crippen LogP contribution in [-0.4, -0.2) is 40.1 Å². The van der Waals surface area contributed by atoms with Crippen LogP contribution in [0.5, 0.6) is 0 Å². The highest BCUT2D eigenvalue weighted by molar-refractivity contribution is 5.92. The number of carbonyl (C=O) groups is 1. The fourth-order valence-electron chi connectivity index (χ4n) is 1.32. The third kappa shape index (κ3) is 2.35. The first-order valence-electron chi connectivity index (χ1n) is 4.72. The van der Waals surface area contributed by atoms with Crippen LogP contribution in [0.15, 0.2) is 18.3 Å². The van der Waals surface area contributed by atoms with Crippen molar-refractivity contribution in [3.05, 3.63) is 24.0 Å². The Morgan fingerprint density at radius 1 is 1.64 bits per heavy atom. The van der Waals surface area contributed by atoms with Crippen LogP contribution in [0.4, 0.5) is 0 Å². The lowest BCUT2D eigenvalue weighted by Crippen LogP contribution is -2.39. The Bertz CT molecular complexity index is 280. The molecule has 14 heavy (non-hydrogen) atoms. The number of nitrogens with zero attached hydrogens (tertiary/aromatic N) is 1. The Morgan fingerprint density at radius 2 is 2.36 bits per heavy atom. The van der Waals surface area contributed by atoms with Gasteiger partial charge in [-0.05, 0) is 26.0 Å². The second kappa shape index (κ2) is 4.81. The molecule has 0 fully saturated rings. The molecule has 0 saturated heterocycles. The average Bonchev–Trinajstić information content (AvgIpc) is 2.65. The molecule has 4 nitrogen and oxygen atoms in total. The van der Waals surface area contributed by atoms with Gasteiger partial charge in [0.05, 0.1) is 6.61 Å². The van der Waals surface area contributed by atoms with Crippen LogP contribution in [0.1, 0.15) is 24.3 Å². The van der Waals surface area contributed by atoms with Gasteiger partial charge in [0.2, 0.25) is 0 Å². The van der Waals surface area contributed by atoms with E-state index >= 15 is 0 Å². The smallest absolute Gasteiger partial charge is 0.270 e. The molecule has 4 heteroatoms. The van der Waals surface area contributed by atoms with Crippen LogP contribution >= 0.6 is 0 Å². The Balaban J connectivity index is 2.74. The van der Waals surface area contributed by atoms with Crippen LogP contribution in [0, 0.1) is 0 Å². The summed E-state index contributed by atoms with van der Waals surface area (Å²) in [5.41, 5.74) is 0.562. The summed E-state index contributed by atoms with van der Waals surface area (Å²) in [5, 5.41) is 8.83. The van der Waals surface area contributed by atoms with Gasteiger partial charge in [0.15, 0.2) is 0 Å². The van der Waals surface area contributed by atoms with Gasteiger partial charge in [-0.1, -0.05) is 0 Å². The molecule has 0 saturated carbocycles. The summed E-state index contributed by atoms with van der Waals surface area (Å²) in [4.78, 5) is 16.3. The van der Waals surface area contributed by atoms with Crippen LogP contribution in [-0.2, 0) is 0 Å². The quantitative estimate of drug-likeness (QED) is 0.750. The summed E-state index contributed by atoms with van der Waals surface area (Å²) >= 11 is 0. The van der Waals surface area contributed by atoms with Gasteiger partial charge in [0.1, 0.15) is 5.69 Å². The van der Waals surface area contributed by atoms with Crippen molar-refractivity contribution in [3.63, 3.8) is 0 Å². The molecule has 0 unspecified atom stereocenters. The van der Waals surface area contributed by atoms with Crippen molar-refractivity contribution in [2.24, 2.45) is 0 Å². The lowest BCUT2D eigenvalue weighted by molar-refractivity contribution is 0.0660. The zero-order chi connectivity index (χ0) is 10.6. The maximum atomic E-state index is 11.8. The SMILES string of the molecule is CC(C)N(CCO)C(=O)c1ccc[nH]1. The molecule has 0 radical (unpaired) electrons. The predicted molar refractivity (Wildman–Crippen MR) is 54.1 cm³/mol. The zero-order valence-electron chi connectivity index (χ0n) is 8.53. The number of H-pyrrole nitrogens is 1. The van der Waals surface area contributed by atoms with E-state index in [-0.39, 0.29) is 18.6 Å². The summed E-state index contributed by atoms with van der Waals surface area (Å²) in [5.74, 6) is -0.0703. The lowest BCUT2D eigenvalue weighted by atomic mass is 10.2. The second-order valence-corrected chi connectivity index (χ2v) is 3.40. The number of amides is 1. The number of aromatic nitrogens is 1. The van der Waals surface area contributed by atoms with Gasteiger partial charge < -0.3 is 15.0 Å². The summed E-state index contributed by atoms with van der Waals surface area (Å²) in [6, 6.07) is 3.61. The molecular formula is C10H16N2O2. The number of aliphatic hydroxyl groups is 1. The minimum absolute atomic E-state index is 0.00930. The van der Waals surface area contributed by atoms with Crippen LogP contribution < -0.4 is 0 Å². The molecule has 1 heterocycles. The van der Waals surface area contributed by atoms with Crippen molar-refractivity contribution in [1.29, 1.82) is 0 Å². The van der Waals surface area contributed by atoms with E-state index in [1.165, 1.54) is 0 Å². The molecule has 0 bridgehead atoms. The van der Waals surface area contributed by atoms with Gasteiger partial charge in [-0.2, -0.15) is 0 Å². The van der Waals surface area contributed by atoms with Crippen LogP contribution in [0.3, 0.4) is 0 Å². The van der Waals surface area contributed by atoms with Crippen molar-refractivity contribution < 1.29 is 9.90 Å². The van der Waals surface area contributed by atoms with E-state index < -0.39 is 0 Å². The average molecular weight is 196 g/mol. The van der Waals surface area contributed by atoms with Crippen molar-refractivity contribution in [2.45, 2.75) is 19.9 Å². The molecule has 0 aliphatic carbocycles. The van der Waals surface area contributed by atoms with Crippen molar-refractivity contribution in [2.75, 3.05) is 13.2 Å². The first-order chi connectivity index (χ1) is 6.66. The molecule has 1 amide bonds. The predicted octanol–water partition coefficient (Wildman–Crippen LogP) is 0.858. The van der Waals surface area contributed by atoms with Gasteiger partial charge in [-0.3, -0.25) is 4.79 Å². The molecule has 78 valence electrons. The molecule has 1 rings (SSSR count). The minimum Gasteiger partial charge on any atom is -0.395 e. The number of carbonyl (C=O) groups excluding carboxylic acids is 1. The number of hydrogen-bond acceptors (Lipinski definition) is 2. The Kier molecular flexibility index (Phi) is 3.71. The van der Waals surface area contributed by atoms with E-state index in [0.717, 1.165) is 0 Å². The Hall–Kier alpha value is -1.29. The van der Waals surface area contributed by atoms with Gasteiger partial charge in [-0.25, -0.2) is 0 Å². The van der Waals surface area contributed by atoms with Crippen molar-refractivity contribution in [3.8, 4) is 0 Å². The molecule has 1 aromatic rings. The van der Waals surface area contributed by atoms with Crippen LogP contribution in [0.2, 0.25) is 0 Å². The first-order valence-corrected chi connectivity index (χ1v) is 4.72. The van der Waals surface area contributed by atoms with Crippen molar-refractivity contribution >= 4 is 5.91 Å². The summed E-state index contributed by atoms with van der Waals surface area (Å²) in [7, 11) is 0. The third-order valence-corrected chi connectivity index (χ3v) is 2.05. The highest BCUT2D eigenvalue weighted by Gasteiger charge is 2.18. The van der Waals surface area contributed by atoms with E-state index in [1.807, 2.05) is 13.8 Å². The second-order valence-electron chi connectivity index (χ2n) is 3.40. The topological polar surface area (TPSA) is 56.3 Å². The van der Waals surface area contributed by atoms with Gasteiger partial charge in [0.25, 0.3) is 5.91 Å². The normalized spacial score (nSPS) is 10.6. The fraction of sp³-hybridized carbons (Fsp3) is 0.500. The van der Waals surface area contributed by atoms with Crippen LogP contribution in [0.25, 0.3) is 0 Å². The van der Waals surface area contributed by atoms with E-state index in [9.17, 15) is 4.79 Å². The summed E-state index contributed by atoms with van der Waals surface area (Å²) in [6.45, 7) is 4.22. The summed E-state index contributed by atoms with van der Waals surface area (Å²) in [6.07, 6.45) is 1.71. The molecule has 2 N–H and O–H groups in total. The van der Waals surface area contributed by atoms with Crippen molar-refractivity contribution in [1.82, 2.24) is 9.88 Å². The van der Waals surface area contributed by atoms with E-state index in [4.69, 9.17) is 5.11 Å². The number of aliphatic hydroxyl groups excluding tert-OH is 1. The molecule has 0 aromatic carbocycles. The number of rotatable bonds is 4. The lowest BCUT2D eigenvalue weighted by Gasteiger charge is -2.25. The molecule has 1 aromatic heterocycles. The zero-order valence-corrected chi connectivity index (χ0v) is 8.53. The fourth-order valence-corrected chi connectivity index (χ4v) is 1.32. The Morgan fingerprint density at radius 3 is 2.79 bits per heavy atom. The third-order valence-electron chi connectivity index (χ3n) is 2.05. The number of aromatic amines is 1. The molecular weight excluding hydrogens is 180 g/mol. The standard InChI is InChI=1S/C10H16N2O2/c1-8(2)12(6-7-13)10(14)9-4-3-5-11-9/h3-5,8,11,13H,6-7H2,1-2H3. The number of hydrogen-bond donors (Lipinski definition) is 2. The van der Waals surface area contributed by atoms with E-state index in [1.54, 1.807) is 23.2 Å². The van der Waals surface area contributed by atoms with E-state index in [2.05, 4.69) is 4.98 Å². The minimum atomic E-state index is -0.0703. The number of nitrogens with one attached hydrogen (secondary N) is 1. The maximum Gasteiger partial charge on any atom is 0.270 e. The molecule has 0 spiro atoms. The highest BCUT2D eigenvalue weighted by Crippen LogP contribution is 2.05. The monoisotopic (exact) mass is 196 g/mol. The van der Waals surface area contributed by atoms with Gasteiger partial charge in [-0.15, -0.1) is 0 Å². The van der Waals surface area contributed by atoms with E-state index in [0.29, 0.717) is 12.2 Å². The van der Waals surface area contributed by atoms with Gasteiger partial charge >= 0.3 is 0 Å². The largest absolute Gasteiger partial charge is 0.395 e. The summed E-state index contributed by atoms with van der Waals surface area (Å²) < 4.78 is 0. The Labute approximate surface area is 83.5 Å². The molecule has 0 atom stereocenters. The molecule has 0 aliphatic heterocycles. The maximum absolute atomic E-state index is 11.8. The van der Waals surface area contributed by atoms with Gasteiger partial charge in [0, 0.05) is 18.8 Å². The first kappa shape index (κ1) is 10.8. The highest BCUT2D eigenvalue weighted by atomic mass is 16.3. The molecule has 0 aliphatic rings.